The van der Waals surface area contributed by atoms with Crippen molar-refractivity contribution in [1.82, 2.24) is 9.80 Å². The number of rotatable bonds is 18. The molecule has 2 aliphatic heterocycles. The summed E-state index contributed by atoms with van der Waals surface area (Å²) in [5, 5.41) is 9.64. The van der Waals surface area contributed by atoms with E-state index in [1.807, 2.05) is 9.80 Å². The molecule has 0 spiro atoms. The standard InChI is InChI=1S/C62H60N2O2/c1-3-5-7-9-11-21-39-63-59(45-35-31-43(32-36-45)55-51-27-17-13-23-47(51)41-48-24-14-18-28-52(48)55)57-58(61(63)65)60(64(62(57)66)40-22-12-10-8-6-4-2)46-37-33-44(34-38-46)56-53-29-19-15-25-49(53)42-50-26-16-20-30-54(50)56/h13-20,23-38,41-42H,3-12,21-22,39-40H2,1-2H3. The van der Waals surface area contributed by atoms with Crippen molar-refractivity contribution >= 4 is 66.3 Å². The zero-order valence-electron chi connectivity index (χ0n) is 38.6. The Kier molecular flexibility index (Phi) is 12.7. The molecule has 0 unspecified atom stereocenters. The van der Waals surface area contributed by atoms with E-state index in [4.69, 9.17) is 0 Å². The van der Waals surface area contributed by atoms with Gasteiger partial charge in [-0.05, 0) is 101 Å². The summed E-state index contributed by atoms with van der Waals surface area (Å²) < 4.78 is 0. The normalized spacial score (nSPS) is 14.0. The first-order valence-electron chi connectivity index (χ1n) is 24.7. The van der Waals surface area contributed by atoms with Gasteiger partial charge in [0.15, 0.2) is 0 Å². The molecule has 4 heteroatoms. The molecule has 0 radical (unpaired) electrons. The lowest BCUT2D eigenvalue weighted by atomic mass is 9.91. The van der Waals surface area contributed by atoms with Crippen LogP contribution >= 0.6 is 0 Å². The summed E-state index contributed by atoms with van der Waals surface area (Å²) >= 11 is 0. The van der Waals surface area contributed by atoms with E-state index in [2.05, 4.69) is 172 Å². The Labute approximate surface area is 390 Å². The maximum Gasteiger partial charge on any atom is 0.261 e. The molecule has 2 heterocycles. The van der Waals surface area contributed by atoms with Crippen LogP contribution in [-0.2, 0) is 9.59 Å². The molecular formula is C62H60N2O2. The molecule has 0 atom stereocenters. The van der Waals surface area contributed by atoms with Crippen LogP contribution in [0.3, 0.4) is 0 Å². The lowest BCUT2D eigenvalue weighted by Crippen LogP contribution is -2.31. The van der Waals surface area contributed by atoms with E-state index >= 15 is 9.59 Å². The van der Waals surface area contributed by atoms with Gasteiger partial charge in [0.2, 0.25) is 0 Å². The number of carbonyl (C=O) groups is 2. The SMILES string of the molecule is CCCCCCCCN1C(=O)C2=C(c3ccc(-c4c5ccccc5cc5ccccc45)cc3)N(CCCCCCCC)C(=O)C2=C1c1ccc(-c2c3ccccc3cc3ccccc23)cc1. The minimum Gasteiger partial charge on any atom is -0.307 e. The highest BCUT2D eigenvalue weighted by atomic mass is 16.2. The van der Waals surface area contributed by atoms with Crippen LogP contribution in [-0.4, -0.2) is 34.7 Å². The highest BCUT2D eigenvalue weighted by Gasteiger charge is 2.48. The Morgan fingerprint density at radius 2 is 0.621 bits per heavy atom. The highest BCUT2D eigenvalue weighted by molar-refractivity contribution is 6.30. The molecule has 0 saturated carbocycles. The molecule has 4 nitrogen and oxygen atoms in total. The van der Waals surface area contributed by atoms with E-state index < -0.39 is 0 Å². The van der Waals surface area contributed by atoms with Crippen molar-refractivity contribution in [1.29, 1.82) is 0 Å². The Morgan fingerprint density at radius 3 is 0.955 bits per heavy atom. The fourth-order valence-electron chi connectivity index (χ4n) is 10.8. The van der Waals surface area contributed by atoms with Gasteiger partial charge in [-0.3, -0.25) is 9.59 Å². The fourth-order valence-corrected chi connectivity index (χ4v) is 10.8. The zero-order chi connectivity index (χ0) is 45.0. The molecule has 0 bridgehead atoms. The van der Waals surface area contributed by atoms with Gasteiger partial charge >= 0.3 is 0 Å². The van der Waals surface area contributed by atoms with Gasteiger partial charge in [-0.1, -0.05) is 224 Å². The van der Waals surface area contributed by atoms with Crippen molar-refractivity contribution in [3.8, 4) is 22.3 Å². The number of hydrogen-bond donors (Lipinski definition) is 0. The van der Waals surface area contributed by atoms with Crippen LogP contribution in [0.25, 0.3) is 76.7 Å². The van der Waals surface area contributed by atoms with Gasteiger partial charge < -0.3 is 9.80 Å². The molecule has 10 rings (SSSR count). The number of benzene rings is 8. The quantitative estimate of drug-likeness (QED) is 0.0637. The van der Waals surface area contributed by atoms with Gasteiger partial charge in [-0.15, -0.1) is 0 Å². The summed E-state index contributed by atoms with van der Waals surface area (Å²) in [6, 6.07) is 56.3. The number of unbranched alkanes of at least 4 members (excludes halogenated alkanes) is 10. The number of hydrogen-bond acceptors (Lipinski definition) is 2. The average Bonchev–Trinajstić information content (AvgIpc) is 3.80. The minimum absolute atomic E-state index is 0.0596. The van der Waals surface area contributed by atoms with Gasteiger partial charge in [-0.2, -0.15) is 0 Å². The summed E-state index contributed by atoms with van der Waals surface area (Å²) in [4.78, 5) is 34.4. The van der Waals surface area contributed by atoms with E-state index in [1.165, 1.54) is 92.7 Å². The molecule has 2 amide bonds. The largest absolute Gasteiger partial charge is 0.307 e. The lowest BCUT2D eigenvalue weighted by molar-refractivity contribution is -0.124. The van der Waals surface area contributed by atoms with Crippen molar-refractivity contribution in [2.45, 2.75) is 90.9 Å². The second-order valence-corrected chi connectivity index (χ2v) is 18.4. The Balaban J connectivity index is 1.09. The minimum atomic E-state index is -0.0596. The summed E-state index contributed by atoms with van der Waals surface area (Å²) in [5.74, 6) is -0.119. The van der Waals surface area contributed by atoms with Crippen LogP contribution in [0.4, 0.5) is 0 Å². The van der Waals surface area contributed by atoms with Crippen molar-refractivity contribution in [3.63, 3.8) is 0 Å². The van der Waals surface area contributed by atoms with Crippen LogP contribution in [0.2, 0.25) is 0 Å². The lowest BCUT2D eigenvalue weighted by Gasteiger charge is -2.26. The second kappa shape index (κ2) is 19.4. The summed E-state index contributed by atoms with van der Waals surface area (Å²) in [7, 11) is 0. The molecule has 0 saturated heterocycles. The number of nitrogens with zero attached hydrogens (tertiary/aromatic N) is 2. The van der Waals surface area contributed by atoms with Gasteiger partial charge in [0.05, 0.1) is 22.5 Å². The molecule has 66 heavy (non-hydrogen) atoms. The van der Waals surface area contributed by atoms with Gasteiger partial charge in [0.25, 0.3) is 11.8 Å². The number of carbonyl (C=O) groups excluding carboxylic acids is 2. The molecule has 0 fully saturated rings. The highest BCUT2D eigenvalue weighted by Crippen LogP contribution is 2.48. The van der Waals surface area contributed by atoms with E-state index in [0.29, 0.717) is 24.2 Å². The zero-order valence-corrected chi connectivity index (χ0v) is 38.6. The van der Waals surface area contributed by atoms with Crippen LogP contribution in [0.5, 0.6) is 0 Å². The van der Waals surface area contributed by atoms with Gasteiger partial charge in [0, 0.05) is 13.1 Å². The Morgan fingerprint density at radius 1 is 0.333 bits per heavy atom. The molecule has 330 valence electrons. The van der Waals surface area contributed by atoms with Gasteiger partial charge in [-0.25, -0.2) is 0 Å². The first-order valence-corrected chi connectivity index (χ1v) is 24.7. The first-order chi connectivity index (χ1) is 32.6. The van der Waals surface area contributed by atoms with E-state index in [9.17, 15) is 0 Å². The number of fused-ring (bicyclic) bond motifs is 5. The van der Waals surface area contributed by atoms with Crippen molar-refractivity contribution in [2.24, 2.45) is 0 Å². The van der Waals surface area contributed by atoms with Crippen LogP contribution in [0, 0.1) is 0 Å². The predicted octanol–water partition coefficient (Wildman–Crippen LogP) is 16.2. The van der Waals surface area contributed by atoms with Crippen molar-refractivity contribution in [2.75, 3.05) is 13.1 Å². The van der Waals surface area contributed by atoms with Crippen molar-refractivity contribution < 1.29 is 9.59 Å². The monoisotopic (exact) mass is 864 g/mol. The third kappa shape index (κ3) is 8.12. The third-order valence-corrected chi connectivity index (χ3v) is 14.1. The molecule has 0 aliphatic carbocycles. The van der Waals surface area contributed by atoms with E-state index in [0.717, 1.165) is 72.2 Å². The number of amides is 2. The van der Waals surface area contributed by atoms with Crippen molar-refractivity contribution in [3.05, 3.63) is 180 Å². The van der Waals surface area contributed by atoms with E-state index in [-0.39, 0.29) is 11.8 Å². The summed E-state index contributed by atoms with van der Waals surface area (Å²) in [6.07, 6.45) is 13.4. The van der Waals surface area contributed by atoms with Gasteiger partial charge in [0.1, 0.15) is 0 Å². The third-order valence-electron chi connectivity index (χ3n) is 14.1. The smallest absolute Gasteiger partial charge is 0.261 e. The first kappa shape index (κ1) is 43.1. The summed E-state index contributed by atoms with van der Waals surface area (Å²) in [6.45, 7) is 5.64. The maximum atomic E-state index is 15.3. The van der Waals surface area contributed by atoms with Crippen LogP contribution in [0.1, 0.15) is 102 Å². The Bertz CT molecular complexity index is 2830. The fraction of sp³-hybridized carbons (Fsp3) is 0.258. The molecule has 0 N–H and O–H groups in total. The maximum absolute atomic E-state index is 15.3. The average molecular weight is 865 g/mol. The van der Waals surface area contributed by atoms with Crippen LogP contribution < -0.4 is 0 Å². The van der Waals surface area contributed by atoms with E-state index in [1.54, 1.807) is 0 Å². The molecular weight excluding hydrogens is 805 g/mol. The van der Waals surface area contributed by atoms with Crippen LogP contribution in [0.15, 0.2) is 169 Å². The topological polar surface area (TPSA) is 40.6 Å². The Hall–Kier alpha value is -6.78. The second-order valence-electron chi connectivity index (χ2n) is 18.4. The molecule has 2 aliphatic rings. The summed E-state index contributed by atoms with van der Waals surface area (Å²) in [5.41, 5.74) is 9.05. The predicted molar refractivity (Wildman–Crippen MR) is 278 cm³/mol. The molecule has 8 aromatic carbocycles. The molecule has 8 aromatic rings. The molecule has 0 aromatic heterocycles.